The van der Waals surface area contributed by atoms with E-state index in [1.807, 2.05) is 13.8 Å². The van der Waals surface area contributed by atoms with Crippen molar-refractivity contribution in [3.8, 4) is 0 Å². The number of esters is 1. The largest absolute Gasteiger partial charge is 0.481 e. The molecule has 2 amide bonds. The van der Waals surface area contributed by atoms with Crippen LogP contribution in [0.3, 0.4) is 0 Å². The maximum Gasteiger partial charge on any atom is 0.325 e. The summed E-state index contributed by atoms with van der Waals surface area (Å²) in [5, 5.41) is 11.9. The van der Waals surface area contributed by atoms with E-state index in [0.717, 1.165) is 12.8 Å². The number of carbonyl (C=O) groups excluding carboxylic acids is 2. The van der Waals surface area contributed by atoms with Gasteiger partial charge >= 0.3 is 18.0 Å². The molecule has 1 fully saturated rings. The number of amides is 2. The first-order valence-electron chi connectivity index (χ1n) is 7.21. The molecule has 0 bridgehead atoms. The van der Waals surface area contributed by atoms with Crippen LogP contribution in [-0.2, 0) is 14.3 Å². The SMILES string of the molecule is COC(=O)CN(C(=O)NC1CCCC(C(=O)O)C1)C(C)C. The predicted octanol–water partition coefficient (Wildman–Crippen LogP) is 1.22. The van der Waals surface area contributed by atoms with Crippen molar-refractivity contribution in [3.05, 3.63) is 0 Å². The zero-order chi connectivity index (χ0) is 16.0. The van der Waals surface area contributed by atoms with E-state index in [-0.39, 0.29) is 24.7 Å². The van der Waals surface area contributed by atoms with Gasteiger partial charge in [0.15, 0.2) is 0 Å². The molecular formula is C14H24N2O5. The van der Waals surface area contributed by atoms with Crippen molar-refractivity contribution in [3.63, 3.8) is 0 Å². The Bertz CT molecular complexity index is 397. The Morgan fingerprint density at radius 3 is 2.52 bits per heavy atom. The number of nitrogens with zero attached hydrogens (tertiary/aromatic N) is 1. The molecule has 7 nitrogen and oxygen atoms in total. The maximum atomic E-state index is 12.2. The second-order valence-corrected chi connectivity index (χ2v) is 5.65. The van der Waals surface area contributed by atoms with Gasteiger partial charge in [-0.05, 0) is 33.1 Å². The van der Waals surface area contributed by atoms with Gasteiger partial charge in [-0.15, -0.1) is 0 Å². The monoisotopic (exact) mass is 300 g/mol. The van der Waals surface area contributed by atoms with Crippen LogP contribution in [0.4, 0.5) is 4.79 Å². The molecule has 0 aromatic carbocycles. The lowest BCUT2D eigenvalue weighted by Gasteiger charge is -2.31. The van der Waals surface area contributed by atoms with Crippen LogP contribution < -0.4 is 5.32 Å². The number of urea groups is 1. The normalized spacial score (nSPS) is 21.7. The van der Waals surface area contributed by atoms with E-state index in [1.165, 1.54) is 12.0 Å². The molecule has 0 aromatic rings. The van der Waals surface area contributed by atoms with E-state index in [4.69, 9.17) is 5.11 Å². The highest BCUT2D eigenvalue weighted by molar-refractivity contribution is 5.81. The second kappa shape index (κ2) is 7.85. The summed E-state index contributed by atoms with van der Waals surface area (Å²) in [5.41, 5.74) is 0. The van der Waals surface area contributed by atoms with Crippen molar-refractivity contribution >= 4 is 18.0 Å². The molecule has 0 aromatic heterocycles. The summed E-state index contributed by atoms with van der Waals surface area (Å²) < 4.78 is 4.58. The first kappa shape index (κ1) is 17.3. The number of carboxylic acids is 1. The van der Waals surface area contributed by atoms with E-state index < -0.39 is 17.9 Å². The van der Waals surface area contributed by atoms with E-state index in [9.17, 15) is 14.4 Å². The lowest BCUT2D eigenvalue weighted by molar-refractivity contribution is -0.143. The summed E-state index contributed by atoms with van der Waals surface area (Å²) >= 11 is 0. The van der Waals surface area contributed by atoms with Crippen LogP contribution in [0.25, 0.3) is 0 Å². The van der Waals surface area contributed by atoms with Crippen molar-refractivity contribution < 1.29 is 24.2 Å². The Balaban J connectivity index is 2.60. The molecule has 1 aliphatic rings. The Hall–Kier alpha value is -1.79. The molecule has 21 heavy (non-hydrogen) atoms. The molecule has 1 saturated carbocycles. The molecule has 7 heteroatoms. The summed E-state index contributed by atoms with van der Waals surface area (Å²) in [6.45, 7) is 3.50. The molecular weight excluding hydrogens is 276 g/mol. The van der Waals surface area contributed by atoms with Gasteiger partial charge in [0, 0.05) is 12.1 Å². The third-order valence-corrected chi connectivity index (χ3v) is 3.76. The highest BCUT2D eigenvalue weighted by atomic mass is 16.5. The minimum Gasteiger partial charge on any atom is -0.481 e. The van der Waals surface area contributed by atoms with Crippen LogP contribution in [0.15, 0.2) is 0 Å². The third kappa shape index (κ3) is 5.24. The van der Waals surface area contributed by atoms with Crippen LogP contribution >= 0.6 is 0 Å². The molecule has 2 N–H and O–H groups in total. The van der Waals surface area contributed by atoms with Gasteiger partial charge < -0.3 is 20.1 Å². The Morgan fingerprint density at radius 2 is 2.00 bits per heavy atom. The number of ether oxygens (including phenoxy) is 1. The van der Waals surface area contributed by atoms with Crippen LogP contribution in [0.2, 0.25) is 0 Å². The summed E-state index contributed by atoms with van der Waals surface area (Å²) in [6, 6.07) is -0.666. The number of hydrogen-bond acceptors (Lipinski definition) is 4. The van der Waals surface area contributed by atoms with Gasteiger partial charge in [0.25, 0.3) is 0 Å². The molecule has 1 aliphatic carbocycles. The van der Waals surface area contributed by atoms with Gasteiger partial charge in [0.2, 0.25) is 0 Å². The Morgan fingerprint density at radius 1 is 1.33 bits per heavy atom. The first-order chi connectivity index (χ1) is 9.85. The summed E-state index contributed by atoms with van der Waals surface area (Å²) in [5.74, 6) is -1.70. The van der Waals surface area contributed by atoms with Gasteiger partial charge in [0.05, 0.1) is 13.0 Å². The zero-order valence-electron chi connectivity index (χ0n) is 12.8. The quantitative estimate of drug-likeness (QED) is 0.744. The lowest BCUT2D eigenvalue weighted by Crippen LogP contribution is -2.50. The van der Waals surface area contributed by atoms with Gasteiger partial charge in [-0.25, -0.2) is 4.79 Å². The maximum absolute atomic E-state index is 12.2. The van der Waals surface area contributed by atoms with Crippen molar-refractivity contribution in [2.24, 2.45) is 5.92 Å². The number of nitrogens with one attached hydrogen (secondary N) is 1. The third-order valence-electron chi connectivity index (χ3n) is 3.76. The van der Waals surface area contributed by atoms with Crippen molar-refractivity contribution in [2.45, 2.75) is 51.6 Å². The Labute approximate surface area is 124 Å². The summed E-state index contributed by atoms with van der Waals surface area (Å²) in [7, 11) is 1.28. The topological polar surface area (TPSA) is 95.9 Å². The molecule has 0 radical (unpaired) electrons. The molecule has 1 rings (SSSR count). The average molecular weight is 300 g/mol. The molecule has 2 unspecified atom stereocenters. The number of carboxylic acid groups (broad SMARTS) is 1. The van der Waals surface area contributed by atoms with Crippen LogP contribution in [-0.4, -0.2) is 53.7 Å². The number of aliphatic carboxylic acids is 1. The lowest BCUT2D eigenvalue weighted by atomic mass is 9.86. The predicted molar refractivity (Wildman–Crippen MR) is 75.8 cm³/mol. The fraction of sp³-hybridized carbons (Fsp3) is 0.786. The van der Waals surface area contributed by atoms with Crippen molar-refractivity contribution in [2.75, 3.05) is 13.7 Å². The van der Waals surface area contributed by atoms with E-state index in [1.54, 1.807) is 0 Å². The molecule has 0 aliphatic heterocycles. The average Bonchev–Trinajstić information content (AvgIpc) is 2.44. The van der Waals surface area contributed by atoms with Crippen molar-refractivity contribution in [1.29, 1.82) is 0 Å². The number of methoxy groups -OCH3 is 1. The van der Waals surface area contributed by atoms with Gasteiger partial charge in [-0.1, -0.05) is 6.42 Å². The number of hydrogen-bond donors (Lipinski definition) is 2. The van der Waals surface area contributed by atoms with Crippen LogP contribution in [0, 0.1) is 5.92 Å². The summed E-state index contributed by atoms with van der Waals surface area (Å²) in [4.78, 5) is 36.0. The number of carbonyl (C=O) groups is 3. The zero-order valence-corrected chi connectivity index (χ0v) is 12.8. The Kier molecular flexibility index (Phi) is 6.45. The van der Waals surface area contributed by atoms with Crippen molar-refractivity contribution in [1.82, 2.24) is 10.2 Å². The fourth-order valence-electron chi connectivity index (χ4n) is 2.50. The first-order valence-corrected chi connectivity index (χ1v) is 7.21. The minimum atomic E-state index is -0.816. The smallest absolute Gasteiger partial charge is 0.325 e. The molecule has 0 saturated heterocycles. The van der Waals surface area contributed by atoms with E-state index >= 15 is 0 Å². The molecule has 0 heterocycles. The molecule has 2 atom stereocenters. The summed E-state index contributed by atoms with van der Waals surface area (Å²) in [6.07, 6.45) is 2.63. The fourth-order valence-corrected chi connectivity index (χ4v) is 2.50. The second-order valence-electron chi connectivity index (χ2n) is 5.65. The van der Waals surface area contributed by atoms with E-state index in [2.05, 4.69) is 10.1 Å². The van der Waals surface area contributed by atoms with Gasteiger partial charge in [0.1, 0.15) is 6.54 Å². The highest BCUT2D eigenvalue weighted by Crippen LogP contribution is 2.24. The van der Waals surface area contributed by atoms with E-state index in [0.29, 0.717) is 12.8 Å². The van der Waals surface area contributed by atoms with Gasteiger partial charge in [-0.2, -0.15) is 0 Å². The minimum absolute atomic E-state index is 0.116. The van der Waals surface area contributed by atoms with Crippen LogP contribution in [0.1, 0.15) is 39.5 Å². The number of rotatable bonds is 5. The highest BCUT2D eigenvalue weighted by Gasteiger charge is 2.29. The molecule has 0 spiro atoms. The van der Waals surface area contributed by atoms with Gasteiger partial charge in [-0.3, -0.25) is 9.59 Å². The standard InChI is InChI=1S/C14H24N2O5/c1-9(2)16(8-12(17)21-3)14(20)15-11-6-4-5-10(7-11)13(18)19/h9-11H,4-8H2,1-3H3,(H,15,20)(H,18,19). The molecule has 120 valence electrons. The van der Waals surface area contributed by atoms with Crippen LogP contribution in [0.5, 0.6) is 0 Å².